The van der Waals surface area contributed by atoms with E-state index in [1.54, 1.807) is 6.92 Å². The molecule has 0 amide bonds. The number of aromatic nitrogens is 3. The van der Waals surface area contributed by atoms with Crippen LogP contribution >= 0.6 is 0 Å². The molecule has 0 saturated heterocycles. The molecule has 0 bridgehead atoms. The van der Waals surface area contributed by atoms with Crippen LogP contribution in [-0.2, 0) is 0 Å². The first-order chi connectivity index (χ1) is 11.0. The van der Waals surface area contributed by atoms with E-state index in [-0.39, 0.29) is 22.7 Å². The van der Waals surface area contributed by atoms with E-state index >= 15 is 0 Å². The molecule has 0 atom stereocenters. The van der Waals surface area contributed by atoms with Crippen LogP contribution in [0.3, 0.4) is 0 Å². The molecular weight excluding hydrogens is 307 g/mol. The number of anilines is 1. The molecule has 0 radical (unpaired) electrons. The third-order valence-electron chi connectivity index (χ3n) is 3.52. The van der Waals surface area contributed by atoms with Gasteiger partial charge in [0.15, 0.2) is 11.3 Å². The molecule has 1 aromatic carbocycles. The topological polar surface area (TPSA) is 66.0 Å². The van der Waals surface area contributed by atoms with E-state index in [0.717, 1.165) is 0 Å². The van der Waals surface area contributed by atoms with E-state index in [1.165, 1.54) is 17.8 Å². The maximum atomic E-state index is 14.2. The second-order valence-corrected chi connectivity index (χ2v) is 4.81. The number of fused-ring (bicyclic) bond motifs is 1. The van der Waals surface area contributed by atoms with E-state index in [1.807, 2.05) is 6.07 Å². The van der Waals surface area contributed by atoms with Crippen molar-refractivity contribution in [3.8, 4) is 17.2 Å². The van der Waals surface area contributed by atoms with Crippen LogP contribution in [0.2, 0.25) is 0 Å². The highest BCUT2D eigenvalue weighted by molar-refractivity contribution is 5.80. The number of halogens is 3. The maximum Gasteiger partial charge on any atom is 0.185 e. The molecule has 0 aliphatic heterocycles. The van der Waals surface area contributed by atoms with Crippen LogP contribution in [0.15, 0.2) is 18.5 Å². The van der Waals surface area contributed by atoms with Crippen LogP contribution in [0.5, 0.6) is 0 Å². The molecule has 3 rings (SSSR count). The van der Waals surface area contributed by atoms with Crippen molar-refractivity contribution in [3.63, 3.8) is 0 Å². The first kappa shape index (κ1) is 14.8. The second kappa shape index (κ2) is 5.28. The normalized spacial score (nSPS) is 10.8. The Morgan fingerprint density at radius 3 is 2.39 bits per heavy atom. The van der Waals surface area contributed by atoms with Crippen LogP contribution in [0.4, 0.5) is 19.0 Å². The summed E-state index contributed by atoms with van der Waals surface area (Å²) >= 11 is 0. The monoisotopic (exact) mass is 317 g/mol. The van der Waals surface area contributed by atoms with E-state index in [2.05, 4.69) is 15.3 Å². The lowest BCUT2D eigenvalue weighted by atomic mass is 10.0. The Morgan fingerprint density at radius 1 is 1.17 bits per heavy atom. The van der Waals surface area contributed by atoms with Crippen molar-refractivity contribution >= 4 is 11.5 Å². The number of imidazole rings is 1. The summed E-state index contributed by atoms with van der Waals surface area (Å²) in [5.74, 6) is -2.92. The largest absolute Gasteiger partial charge is 0.373 e. The van der Waals surface area contributed by atoms with Gasteiger partial charge < -0.3 is 5.32 Å². The summed E-state index contributed by atoms with van der Waals surface area (Å²) in [6.07, 6.45) is 1.35. The molecule has 0 aliphatic carbocycles. The van der Waals surface area contributed by atoms with E-state index in [0.29, 0.717) is 17.8 Å². The molecule has 2 aromatic heterocycles. The average molecular weight is 317 g/mol. The number of hydrogen-bond donors (Lipinski definition) is 1. The SMILES string of the molecule is CNc1nc2c(C#N)ncn2c(C)c1-c1c(F)cc(F)cc1F. The molecule has 8 heteroatoms. The number of rotatable bonds is 2. The van der Waals surface area contributed by atoms with Crippen molar-refractivity contribution in [3.05, 3.63) is 47.3 Å². The van der Waals surface area contributed by atoms with Crippen LogP contribution in [0.1, 0.15) is 11.4 Å². The highest BCUT2D eigenvalue weighted by Gasteiger charge is 2.22. The van der Waals surface area contributed by atoms with Crippen molar-refractivity contribution in [1.82, 2.24) is 14.4 Å². The Morgan fingerprint density at radius 2 is 1.83 bits per heavy atom. The predicted molar refractivity (Wildman–Crippen MR) is 77.3 cm³/mol. The molecular formula is C15H10F3N5. The summed E-state index contributed by atoms with van der Waals surface area (Å²) in [5, 5.41) is 11.8. The third-order valence-corrected chi connectivity index (χ3v) is 3.52. The fourth-order valence-corrected chi connectivity index (χ4v) is 2.49. The lowest BCUT2D eigenvalue weighted by molar-refractivity contribution is 0.547. The molecule has 116 valence electrons. The number of nitrogens with zero attached hydrogens (tertiary/aromatic N) is 4. The van der Waals surface area contributed by atoms with Crippen LogP contribution in [0, 0.1) is 35.7 Å². The van der Waals surface area contributed by atoms with Crippen LogP contribution < -0.4 is 5.32 Å². The zero-order valence-corrected chi connectivity index (χ0v) is 12.2. The summed E-state index contributed by atoms with van der Waals surface area (Å²) in [7, 11) is 1.53. The van der Waals surface area contributed by atoms with Crippen molar-refractivity contribution in [2.24, 2.45) is 0 Å². The summed E-state index contributed by atoms with van der Waals surface area (Å²) < 4.78 is 42.9. The van der Waals surface area contributed by atoms with Gasteiger partial charge in [-0.05, 0) is 6.92 Å². The summed E-state index contributed by atoms with van der Waals surface area (Å²) in [6, 6.07) is 3.11. The Kier molecular flexibility index (Phi) is 3.41. The van der Waals surface area contributed by atoms with E-state index in [4.69, 9.17) is 5.26 Å². The quantitative estimate of drug-likeness (QED) is 0.789. The van der Waals surface area contributed by atoms with Crippen molar-refractivity contribution in [2.45, 2.75) is 6.92 Å². The number of hydrogen-bond acceptors (Lipinski definition) is 4. The highest BCUT2D eigenvalue weighted by Crippen LogP contribution is 2.35. The Bertz CT molecular complexity index is 948. The number of nitrogens with one attached hydrogen (secondary N) is 1. The molecule has 2 heterocycles. The van der Waals surface area contributed by atoms with Gasteiger partial charge in [-0.25, -0.2) is 23.1 Å². The molecule has 5 nitrogen and oxygen atoms in total. The van der Waals surface area contributed by atoms with Crippen molar-refractivity contribution in [2.75, 3.05) is 12.4 Å². The molecule has 23 heavy (non-hydrogen) atoms. The van der Waals surface area contributed by atoms with Gasteiger partial charge in [0.05, 0.1) is 5.56 Å². The summed E-state index contributed by atoms with van der Waals surface area (Å²) in [5.41, 5.74) is 0.515. The molecule has 0 saturated carbocycles. The fraction of sp³-hybridized carbons (Fsp3) is 0.133. The van der Waals surface area contributed by atoms with Crippen LogP contribution in [-0.4, -0.2) is 21.4 Å². The minimum absolute atomic E-state index is 0.0937. The minimum Gasteiger partial charge on any atom is -0.373 e. The second-order valence-electron chi connectivity index (χ2n) is 4.81. The van der Waals surface area contributed by atoms with Crippen molar-refractivity contribution < 1.29 is 13.2 Å². The van der Waals surface area contributed by atoms with Gasteiger partial charge in [0.2, 0.25) is 0 Å². The van der Waals surface area contributed by atoms with Gasteiger partial charge in [0.1, 0.15) is 35.7 Å². The zero-order valence-electron chi connectivity index (χ0n) is 12.2. The van der Waals surface area contributed by atoms with Gasteiger partial charge in [0.25, 0.3) is 0 Å². The first-order valence-corrected chi connectivity index (χ1v) is 6.58. The van der Waals surface area contributed by atoms with Gasteiger partial charge >= 0.3 is 0 Å². The third kappa shape index (κ3) is 2.17. The number of benzene rings is 1. The molecule has 0 fully saturated rings. The molecule has 3 aromatic rings. The molecule has 1 N–H and O–H groups in total. The Hall–Kier alpha value is -3.08. The maximum absolute atomic E-state index is 14.2. The Balaban J connectivity index is 2.43. The fourth-order valence-electron chi connectivity index (χ4n) is 2.49. The molecule has 0 unspecified atom stereocenters. The lowest BCUT2D eigenvalue weighted by Crippen LogP contribution is -2.06. The summed E-state index contributed by atoms with van der Waals surface area (Å²) in [6.45, 7) is 1.61. The average Bonchev–Trinajstić information content (AvgIpc) is 2.91. The molecule has 0 spiro atoms. The van der Waals surface area contributed by atoms with E-state index < -0.39 is 23.0 Å². The first-order valence-electron chi connectivity index (χ1n) is 6.58. The number of aryl methyl sites for hydroxylation is 1. The van der Waals surface area contributed by atoms with Gasteiger partial charge in [-0.2, -0.15) is 5.26 Å². The van der Waals surface area contributed by atoms with Gasteiger partial charge in [-0.15, -0.1) is 0 Å². The number of nitriles is 1. The minimum atomic E-state index is -1.04. The van der Waals surface area contributed by atoms with Gasteiger partial charge in [0, 0.05) is 30.4 Å². The van der Waals surface area contributed by atoms with Crippen molar-refractivity contribution in [1.29, 1.82) is 5.26 Å². The van der Waals surface area contributed by atoms with E-state index in [9.17, 15) is 13.2 Å². The lowest BCUT2D eigenvalue weighted by Gasteiger charge is -2.15. The standard InChI is InChI=1S/C15H10F3N5/c1-7-12(13-9(17)3-8(16)4-10(13)18)14(20-2)22-15-11(5-19)21-6-23(7)15/h3-4,6H,1-2H3,(H,20,22). The Labute approximate surface area is 129 Å². The van der Waals surface area contributed by atoms with Gasteiger partial charge in [-0.1, -0.05) is 0 Å². The zero-order chi connectivity index (χ0) is 16.7. The molecule has 0 aliphatic rings. The predicted octanol–water partition coefficient (Wildman–Crippen LogP) is 3.04. The summed E-state index contributed by atoms with van der Waals surface area (Å²) in [4.78, 5) is 8.11. The highest BCUT2D eigenvalue weighted by atomic mass is 19.1. The van der Waals surface area contributed by atoms with Gasteiger partial charge in [-0.3, -0.25) is 4.40 Å². The van der Waals surface area contributed by atoms with Crippen LogP contribution in [0.25, 0.3) is 16.8 Å². The smallest absolute Gasteiger partial charge is 0.185 e.